The molecule has 3 N–H and O–H groups in total. The van der Waals surface area contributed by atoms with Gasteiger partial charge in [-0.05, 0) is 30.8 Å². The van der Waals surface area contributed by atoms with E-state index in [-0.39, 0.29) is 6.03 Å². The molecular weight excluding hydrogens is 362 g/mol. The number of urea groups is 1. The van der Waals surface area contributed by atoms with Crippen LogP contribution < -0.4 is 10.6 Å². The van der Waals surface area contributed by atoms with Crippen molar-refractivity contribution in [1.29, 1.82) is 0 Å². The van der Waals surface area contributed by atoms with Gasteiger partial charge in [-0.3, -0.25) is 5.10 Å². The highest BCUT2D eigenvalue weighted by Gasteiger charge is 2.24. The predicted octanol–water partition coefficient (Wildman–Crippen LogP) is 4.11. The number of hydrogen-bond acceptors (Lipinski definition) is 3. The lowest BCUT2D eigenvalue weighted by molar-refractivity contribution is 0.248. The molecule has 1 heterocycles. The number of anilines is 1. The zero-order valence-electron chi connectivity index (χ0n) is 17.0. The van der Waals surface area contributed by atoms with Crippen LogP contribution in [0.2, 0.25) is 0 Å². The van der Waals surface area contributed by atoms with Crippen LogP contribution in [0.15, 0.2) is 48.5 Å². The van der Waals surface area contributed by atoms with Crippen LogP contribution in [-0.2, 0) is 6.42 Å². The largest absolute Gasteiger partial charge is 0.337 e. The Hall–Kier alpha value is -3.12. The highest BCUT2D eigenvalue weighted by atomic mass is 16.2. The summed E-state index contributed by atoms with van der Waals surface area (Å²) in [6.45, 7) is 7.71. The fourth-order valence-electron chi connectivity index (χ4n) is 3.86. The van der Waals surface area contributed by atoms with Crippen LogP contribution in [0.4, 0.5) is 10.5 Å². The molecule has 29 heavy (non-hydrogen) atoms. The van der Waals surface area contributed by atoms with E-state index in [2.05, 4.69) is 63.8 Å². The number of hydrogen-bond donors (Lipinski definition) is 3. The Balaban J connectivity index is 1.38. The number of rotatable bonds is 7. The molecule has 0 radical (unpaired) electrons. The van der Waals surface area contributed by atoms with E-state index >= 15 is 0 Å². The quantitative estimate of drug-likeness (QED) is 0.445. The normalized spacial score (nSPS) is 12.0. The Labute approximate surface area is 171 Å². The van der Waals surface area contributed by atoms with Crippen LogP contribution in [0.5, 0.6) is 0 Å². The number of aromatic amines is 1. The highest BCUT2D eigenvalue weighted by molar-refractivity contribution is 5.89. The van der Waals surface area contributed by atoms with Gasteiger partial charge in [-0.1, -0.05) is 50.2 Å². The number of carbonyl (C=O) groups excluding carboxylic acids is 1. The van der Waals surface area contributed by atoms with Gasteiger partial charge in [0.25, 0.3) is 0 Å². The summed E-state index contributed by atoms with van der Waals surface area (Å²) in [6.07, 6.45) is 0.895. The van der Waals surface area contributed by atoms with Gasteiger partial charge in [-0.25, -0.2) is 4.79 Å². The molecule has 6 nitrogen and oxygen atoms in total. The van der Waals surface area contributed by atoms with Gasteiger partial charge < -0.3 is 15.5 Å². The molecule has 0 bridgehead atoms. The van der Waals surface area contributed by atoms with Crippen molar-refractivity contribution in [3.8, 4) is 22.5 Å². The second-order valence-electron chi connectivity index (χ2n) is 7.24. The van der Waals surface area contributed by atoms with Crippen LogP contribution in [0.25, 0.3) is 22.5 Å². The van der Waals surface area contributed by atoms with Crippen molar-refractivity contribution in [3.05, 3.63) is 59.7 Å². The molecule has 1 aliphatic carbocycles. The molecular formula is C23H27N5O. The Kier molecular flexibility index (Phi) is 5.62. The van der Waals surface area contributed by atoms with Gasteiger partial charge in [0.15, 0.2) is 0 Å². The predicted molar refractivity (Wildman–Crippen MR) is 117 cm³/mol. The van der Waals surface area contributed by atoms with Crippen molar-refractivity contribution in [3.63, 3.8) is 0 Å². The minimum Gasteiger partial charge on any atom is -0.337 e. The number of aromatic nitrogens is 2. The van der Waals surface area contributed by atoms with Gasteiger partial charge in [-0.2, -0.15) is 5.10 Å². The van der Waals surface area contributed by atoms with Crippen LogP contribution >= 0.6 is 0 Å². The Morgan fingerprint density at radius 1 is 1.10 bits per heavy atom. The number of likely N-dealkylation sites (N-methyl/N-ethyl adjacent to an activating group) is 1. The molecule has 2 aromatic carbocycles. The van der Waals surface area contributed by atoms with E-state index in [9.17, 15) is 4.79 Å². The molecule has 0 spiro atoms. The molecule has 0 unspecified atom stereocenters. The molecule has 0 saturated heterocycles. The second kappa shape index (κ2) is 8.49. The number of carbonyl (C=O) groups is 1. The maximum Gasteiger partial charge on any atom is 0.319 e. The summed E-state index contributed by atoms with van der Waals surface area (Å²) in [6, 6.07) is 16.1. The van der Waals surface area contributed by atoms with Crippen molar-refractivity contribution in [2.24, 2.45) is 0 Å². The molecule has 1 aromatic heterocycles. The first-order valence-corrected chi connectivity index (χ1v) is 10.2. The summed E-state index contributed by atoms with van der Waals surface area (Å²) in [4.78, 5) is 14.4. The first-order chi connectivity index (χ1) is 14.2. The Bertz CT molecular complexity index is 989. The molecule has 6 heteroatoms. The minimum absolute atomic E-state index is 0.180. The van der Waals surface area contributed by atoms with Crippen molar-refractivity contribution in [2.45, 2.75) is 20.3 Å². The molecule has 0 fully saturated rings. The van der Waals surface area contributed by atoms with Crippen LogP contribution in [0, 0.1) is 0 Å². The van der Waals surface area contributed by atoms with Gasteiger partial charge in [0, 0.05) is 41.9 Å². The second-order valence-corrected chi connectivity index (χ2v) is 7.24. The molecule has 3 aromatic rings. The van der Waals surface area contributed by atoms with Crippen LogP contribution in [-0.4, -0.2) is 47.3 Å². The van der Waals surface area contributed by atoms with Gasteiger partial charge in [0.05, 0.1) is 11.4 Å². The van der Waals surface area contributed by atoms with Crippen LogP contribution in [0.1, 0.15) is 25.0 Å². The number of nitrogens with zero attached hydrogens (tertiary/aromatic N) is 2. The number of H-pyrrole nitrogens is 1. The first-order valence-electron chi connectivity index (χ1n) is 10.2. The maximum absolute atomic E-state index is 12.1. The zero-order chi connectivity index (χ0) is 20.2. The van der Waals surface area contributed by atoms with E-state index in [1.807, 2.05) is 24.3 Å². The fraction of sp³-hybridized carbons (Fsp3) is 0.304. The monoisotopic (exact) mass is 389 g/mol. The molecule has 0 atom stereocenters. The standard InChI is InChI=1S/C23H27N5O/c1-3-28(4-2)14-13-24-23(29)25-18-11-9-16(10-12-18)21-20-15-17-7-5-6-8-19(17)22(20)27-26-21/h5-12H,3-4,13-15H2,1-2H3,(H,26,27)(H2,24,25,29). The third-order valence-electron chi connectivity index (χ3n) is 5.55. The summed E-state index contributed by atoms with van der Waals surface area (Å²) < 4.78 is 0. The molecule has 2 amide bonds. The smallest absolute Gasteiger partial charge is 0.319 e. The lowest BCUT2D eigenvalue weighted by atomic mass is 10.1. The lowest BCUT2D eigenvalue weighted by Crippen LogP contribution is -2.36. The Morgan fingerprint density at radius 2 is 1.86 bits per heavy atom. The topological polar surface area (TPSA) is 73.1 Å². The van der Waals surface area contributed by atoms with E-state index < -0.39 is 0 Å². The molecule has 4 rings (SSSR count). The minimum atomic E-state index is -0.180. The first kappa shape index (κ1) is 19.2. The van der Waals surface area contributed by atoms with Crippen molar-refractivity contribution >= 4 is 11.7 Å². The van der Waals surface area contributed by atoms with E-state index in [4.69, 9.17) is 0 Å². The van der Waals surface area contributed by atoms with E-state index in [0.717, 1.165) is 48.7 Å². The summed E-state index contributed by atoms with van der Waals surface area (Å²) in [5, 5.41) is 13.5. The number of benzene rings is 2. The van der Waals surface area contributed by atoms with Crippen molar-refractivity contribution in [1.82, 2.24) is 20.4 Å². The number of nitrogens with one attached hydrogen (secondary N) is 3. The number of fused-ring (bicyclic) bond motifs is 3. The third kappa shape index (κ3) is 4.03. The lowest BCUT2D eigenvalue weighted by Gasteiger charge is -2.18. The van der Waals surface area contributed by atoms with Gasteiger partial charge >= 0.3 is 6.03 Å². The van der Waals surface area contributed by atoms with Crippen molar-refractivity contribution in [2.75, 3.05) is 31.5 Å². The molecule has 1 aliphatic rings. The zero-order valence-corrected chi connectivity index (χ0v) is 17.0. The van der Waals surface area contributed by atoms with Gasteiger partial charge in [0.2, 0.25) is 0 Å². The summed E-state index contributed by atoms with van der Waals surface area (Å²) in [5.74, 6) is 0. The molecule has 0 saturated carbocycles. The summed E-state index contributed by atoms with van der Waals surface area (Å²) in [5.41, 5.74) is 7.71. The summed E-state index contributed by atoms with van der Waals surface area (Å²) >= 11 is 0. The Morgan fingerprint density at radius 3 is 2.62 bits per heavy atom. The van der Waals surface area contributed by atoms with E-state index in [1.54, 1.807) is 0 Å². The average Bonchev–Trinajstić information content (AvgIpc) is 3.31. The van der Waals surface area contributed by atoms with E-state index in [1.165, 1.54) is 16.7 Å². The maximum atomic E-state index is 12.1. The molecule has 0 aliphatic heterocycles. The third-order valence-corrected chi connectivity index (χ3v) is 5.55. The van der Waals surface area contributed by atoms with Crippen LogP contribution in [0.3, 0.4) is 0 Å². The van der Waals surface area contributed by atoms with Crippen molar-refractivity contribution < 1.29 is 4.79 Å². The SMILES string of the molecule is CCN(CC)CCNC(=O)Nc1ccc(-c2n[nH]c3c2Cc2ccccc2-3)cc1. The average molecular weight is 390 g/mol. The van der Waals surface area contributed by atoms with E-state index in [0.29, 0.717) is 6.54 Å². The highest BCUT2D eigenvalue weighted by Crippen LogP contribution is 2.39. The number of amides is 2. The van der Waals surface area contributed by atoms with Gasteiger partial charge in [-0.15, -0.1) is 0 Å². The molecule has 150 valence electrons. The fourth-order valence-corrected chi connectivity index (χ4v) is 3.86. The van der Waals surface area contributed by atoms with Gasteiger partial charge in [0.1, 0.15) is 0 Å². The summed E-state index contributed by atoms with van der Waals surface area (Å²) in [7, 11) is 0.